The smallest absolute Gasteiger partial charge is 0.239 e. The summed E-state index contributed by atoms with van der Waals surface area (Å²) in [5.41, 5.74) is 10.4. The summed E-state index contributed by atoms with van der Waals surface area (Å²) in [4.78, 5) is 19.8. The number of ether oxygens (including phenoxy) is 1. The molecular weight excluding hydrogens is 586 g/mol. The lowest BCUT2D eigenvalue weighted by molar-refractivity contribution is -0.136. The molecule has 230 valence electrons. The zero-order chi connectivity index (χ0) is 30.3. The van der Waals surface area contributed by atoms with Gasteiger partial charge in [0.05, 0.1) is 12.6 Å². The number of carbonyl (C=O) groups is 1. The predicted octanol–water partition coefficient (Wildman–Crippen LogP) is 6.12. The number of nitrogens with zero attached hydrogens (tertiary/aromatic N) is 3. The zero-order valence-electron chi connectivity index (χ0n) is 24.8. The summed E-state index contributed by atoms with van der Waals surface area (Å²) in [6, 6.07) is 18.3. The van der Waals surface area contributed by atoms with Crippen LogP contribution in [-0.4, -0.2) is 79.1 Å². The second-order valence-corrected chi connectivity index (χ2v) is 12.3. The first-order valence-electron chi connectivity index (χ1n) is 15.3. The van der Waals surface area contributed by atoms with Gasteiger partial charge in [0.1, 0.15) is 11.6 Å². The number of rotatable bonds is 10. The van der Waals surface area contributed by atoms with Crippen LogP contribution in [-0.2, 0) is 17.8 Å². The molecule has 2 N–H and O–H groups in total. The van der Waals surface area contributed by atoms with Crippen LogP contribution in [0.15, 0.2) is 60.7 Å². The van der Waals surface area contributed by atoms with Gasteiger partial charge in [0.25, 0.3) is 0 Å². The van der Waals surface area contributed by atoms with Crippen LogP contribution in [0.3, 0.4) is 0 Å². The molecule has 0 radical (unpaired) electrons. The standard InChI is InChI=1S/C34H41Cl2FN4O2/c1-2-43-32-9-5-8-31(37)29(32)23-40-18-20-41(21-19-40)34(42)33(38)24-12-15-39(16-13-24)17-14-25-22-26(35)10-11-27(25)28-6-3-4-7-30(28)36/h3-11,22,24,33H,2,12-21,23,38H2,1H3/t33-/m1/s1. The lowest BCUT2D eigenvalue weighted by atomic mass is 9.88. The van der Waals surface area contributed by atoms with Crippen LogP contribution >= 0.6 is 23.2 Å². The van der Waals surface area contributed by atoms with Gasteiger partial charge in [-0.25, -0.2) is 4.39 Å². The maximum Gasteiger partial charge on any atom is 0.239 e. The Labute approximate surface area is 264 Å². The minimum Gasteiger partial charge on any atom is -0.493 e. The molecule has 5 rings (SSSR count). The number of amides is 1. The van der Waals surface area contributed by atoms with E-state index in [1.807, 2.05) is 54.3 Å². The van der Waals surface area contributed by atoms with E-state index in [0.29, 0.717) is 50.6 Å². The highest BCUT2D eigenvalue weighted by atomic mass is 35.5. The van der Waals surface area contributed by atoms with Gasteiger partial charge in [0.15, 0.2) is 0 Å². The van der Waals surface area contributed by atoms with Crippen LogP contribution in [0.4, 0.5) is 4.39 Å². The number of benzene rings is 3. The Balaban J connectivity index is 1.09. The molecule has 0 unspecified atom stereocenters. The molecule has 0 spiro atoms. The Kier molecular flexibility index (Phi) is 11.0. The van der Waals surface area contributed by atoms with Crippen molar-refractivity contribution in [2.24, 2.45) is 11.7 Å². The van der Waals surface area contributed by atoms with E-state index in [1.54, 1.807) is 12.1 Å². The molecule has 0 bridgehead atoms. The number of nitrogens with two attached hydrogens (primary N) is 1. The minimum absolute atomic E-state index is 0.0299. The van der Waals surface area contributed by atoms with Gasteiger partial charge in [0.2, 0.25) is 5.91 Å². The van der Waals surface area contributed by atoms with Gasteiger partial charge in [0, 0.05) is 60.4 Å². The molecule has 2 heterocycles. The molecule has 1 atom stereocenters. The maximum absolute atomic E-state index is 14.5. The van der Waals surface area contributed by atoms with Crippen LogP contribution in [0.2, 0.25) is 10.0 Å². The average Bonchev–Trinajstić information content (AvgIpc) is 3.02. The summed E-state index contributed by atoms with van der Waals surface area (Å²) in [6.07, 6.45) is 2.65. The van der Waals surface area contributed by atoms with Gasteiger partial charge in [-0.3, -0.25) is 9.69 Å². The molecule has 3 aromatic rings. The largest absolute Gasteiger partial charge is 0.493 e. The third kappa shape index (κ3) is 7.89. The van der Waals surface area contributed by atoms with Gasteiger partial charge < -0.3 is 20.3 Å². The first-order chi connectivity index (χ1) is 20.8. The fourth-order valence-corrected chi connectivity index (χ4v) is 6.70. The van der Waals surface area contributed by atoms with Crippen molar-refractivity contribution in [1.82, 2.24) is 14.7 Å². The van der Waals surface area contributed by atoms with Crippen LogP contribution in [0.1, 0.15) is 30.9 Å². The first-order valence-corrected chi connectivity index (χ1v) is 16.0. The Morgan fingerprint density at radius 3 is 2.42 bits per heavy atom. The highest BCUT2D eigenvalue weighted by Crippen LogP contribution is 2.33. The van der Waals surface area contributed by atoms with Crippen LogP contribution in [0.5, 0.6) is 5.75 Å². The lowest BCUT2D eigenvalue weighted by Gasteiger charge is -2.39. The molecule has 2 aliphatic rings. The summed E-state index contributed by atoms with van der Waals surface area (Å²) in [5, 5.41) is 1.45. The molecule has 2 aliphatic heterocycles. The normalized spacial score (nSPS) is 17.7. The number of likely N-dealkylation sites (tertiary alicyclic amines) is 1. The maximum atomic E-state index is 14.5. The second-order valence-electron chi connectivity index (χ2n) is 11.5. The van der Waals surface area contributed by atoms with Gasteiger partial charge in [-0.2, -0.15) is 0 Å². The van der Waals surface area contributed by atoms with Gasteiger partial charge >= 0.3 is 0 Å². The van der Waals surface area contributed by atoms with E-state index in [0.717, 1.165) is 60.1 Å². The number of piperidine rings is 1. The lowest BCUT2D eigenvalue weighted by Crippen LogP contribution is -2.55. The van der Waals surface area contributed by atoms with Gasteiger partial charge in [-0.15, -0.1) is 0 Å². The highest BCUT2D eigenvalue weighted by molar-refractivity contribution is 6.33. The molecule has 2 saturated heterocycles. The van der Waals surface area contributed by atoms with E-state index in [2.05, 4.69) is 9.80 Å². The molecule has 1 amide bonds. The fourth-order valence-electron chi connectivity index (χ4n) is 6.27. The summed E-state index contributed by atoms with van der Waals surface area (Å²) in [6.45, 7) is 8.11. The van der Waals surface area contributed by atoms with E-state index in [9.17, 15) is 9.18 Å². The number of hydrogen-bond donors (Lipinski definition) is 1. The number of carbonyl (C=O) groups excluding carboxylic acids is 1. The molecule has 43 heavy (non-hydrogen) atoms. The van der Waals surface area contributed by atoms with Crippen molar-refractivity contribution in [2.75, 3.05) is 52.4 Å². The molecule has 0 aromatic heterocycles. The molecule has 9 heteroatoms. The Morgan fingerprint density at radius 1 is 0.953 bits per heavy atom. The molecular formula is C34H41Cl2FN4O2. The third-order valence-electron chi connectivity index (χ3n) is 8.80. The van der Waals surface area contributed by atoms with Gasteiger partial charge in [-0.05, 0) is 86.7 Å². The SMILES string of the molecule is CCOc1cccc(F)c1CN1CCN(C(=O)[C@H](N)C2CCN(CCc3cc(Cl)ccc3-c3ccccc3Cl)CC2)CC1. The first kappa shape index (κ1) is 31.7. The highest BCUT2D eigenvalue weighted by Gasteiger charge is 2.33. The molecule has 0 saturated carbocycles. The summed E-state index contributed by atoms with van der Waals surface area (Å²) in [7, 11) is 0. The second kappa shape index (κ2) is 14.9. The molecule has 2 fully saturated rings. The Bertz CT molecular complexity index is 1390. The minimum atomic E-state index is -0.496. The third-order valence-corrected chi connectivity index (χ3v) is 9.36. The van der Waals surface area contributed by atoms with Crippen molar-refractivity contribution in [1.29, 1.82) is 0 Å². The van der Waals surface area contributed by atoms with Crippen molar-refractivity contribution in [3.63, 3.8) is 0 Å². The van der Waals surface area contributed by atoms with Crippen molar-refractivity contribution in [3.8, 4) is 16.9 Å². The Hall–Kier alpha value is -2.68. The van der Waals surface area contributed by atoms with E-state index in [1.165, 1.54) is 11.6 Å². The van der Waals surface area contributed by atoms with Crippen molar-refractivity contribution >= 4 is 29.1 Å². The monoisotopic (exact) mass is 626 g/mol. The van der Waals surface area contributed by atoms with E-state index in [4.69, 9.17) is 33.7 Å². The topological polar surface area (TPSA) is 62.0 Å². The van der Waals surface area contributed by atoms with E-state index >= 15 is 0 Å². The van der Waals surface area contributed by atoms with E-state index in [-0.39, 0.29) is 17.6 Å². The Morgan fingerprint density at radius 2 is 1.70 bits per heavy atom. The summed E-state index contributed by atoms with van der Waals surface area (Å²) in [5.74, 6) is 0.524. The van der Waals surface area contributed by atoms with E-state index < -0.39 is 6.04 Å². The van der Waals surface area contributed by atoms with Crippen molar-refractivity contribution in [2.45, 2.75) is 38.8 Å². The van der Waals surface area contributed by atoms with Crippen molar-refractivity contribution < 1.29 is 13.9 Å². The average molecular weight is 628 g/mol. The quantitative estimate of drug-likeness (QED) is 0.294. The van der Waals surface area contributed by atoms with Crippen LogP contribution in [0.25, 0.3) is 11.1 Å². The molecule has 0 aliphatic carbocycles. The number of piperazine rings is 1. The van der Waals surface area contributed by atoms with Crippen LogP contribution < -0.4 is 10.5 Å². The molecule has 3 aromatic carbocycles. The number of halogens is 3. The summed E-state index contributed by atoms with van der Waals surface area (Å²) < 4.78 is 20.2. The molecule has 6 nitrogen and oxygen atoms in total. The van der Waals surface area contributed by atoms with Gasteiger partial charge in [-0.1, -0.05) is 53.5 Å². The number of hydrogen-bond acceptors (Lipinski definition) is 5. The summed E-state index contributed by atoms with van der Waals surface area (Å²) >= 11 is 12.9. The van der Waals surface area contributed by atoms with Crippen LogP contribution in [0, 0.1) is 11.7 Å². The zero-order valence-corrected chi connectivity index (χ0v) is 26.3. The fraction of sp³-hybridized carbons (Fsp3) is 0.441. The predicted molar refractivity (Wildman–Crippen MR) is 172 cm³/mol. The van der Waals surface area contributed by atoms with Crippen molar-refractivity contribution in [3.05, 3.63) is 87.7 Å².